The van der Waals surface area contributed by atoms with Crippen LogP contribution in [0.2, 0.25) is 0 Å². The predicted molar refractivity (Wildman–Crippen MR) is 110 cm³/mol. The van der Waals surface area contributed by atoms with Crippen LogP contribution in [0.4, 0.5) is 5.69 Å². The van der Waals surface area contributed by atoms with Gasteiger partial charge in [-0.05, 0) is 49.2 Å². The molecule has 1 saturated heterocycles. The second-order valence-electron chi connectivity index (χ2n) is 6.98. The van der Waals surface area contributed by atoms with Gasteiger partial charge in [0.15, 0.2) is 0 Å². The number of nitrogens with one attached hydrogen (secondary N) is 1. The Labute approximate surface area is 170 Å². The molecule has 7 nitrogen and oxygen atoms in total. The van der Waals surface area contributed by atoms with Crippen LogP contribution in [0.3, 0.4) is 0 Å². The van der Waals surface area contributed by atoms with Crippen LogP contribution in [0.5, 0.6) is 0 Å². The van der Waals surface area contributed by atoms with Gasteiger partial charge in [-0.25, -0.2) is 4.68 Å². The summed E-state index contributed by atoms with van der Waals surface area (Å²) in [5.74, 6) is -0.116. The third-order valence-electron chi connectivity index (χ3n) is 5.10. The summed E-state index contributed by atoms with van der Waals surface area (Å²) in [6.45, 7) is 1.13. The predicted octanol–water partition coefficient (Wildman–Crippen LogP) is 3.22. The summed E-state index contributed by atoms with van der Waals surface area (Å²) >= 11 is 3.41. The smallest absolute Gasteiger partial charge is 0.253 e. The van der Waals surface area contributed by atoms with Crippen molar-refractivity contribution in [3.63, 3.8) is 0 Å². The van der Waals surface area contributed by atoms with E-state index in [1.165, 1.54) is 0 Å². The summed E-state index contributed by atoms with van der Waals surface area (Å²) in [5.41, 5.74) is 2.97. The summed E-state index contributed by atoms with van der Waals surface area (Å²) in [6, 6.07) is 13.0. The highest BCUT2D eigenvalue weighted by Crippen LogP contribution is 2.23. The monoisotopic (exact) mass is 441 g/mol. The maximum absolute atomic E-state index is 12.8. The minimum atomic E-state index is -0.0921. The molecule has 0 bridgehead atoms. The number of amides is 2. The first kappa shape index (κ1) is 18.6. The van der Waals surface area contributed by atoms with Gasteiger partial charge in [0, 0.05) is 41.8 Å². The lowest BCUT2D eigenvalue weighted by molar-refractivity contribution is -0.121. The first-order chi connectivity index (χ1) is 13.5. The summed E-state index contributed by atoms with van der Waals surface area (Å²) in [5, 5.41) is 11.0. The zero-order valence-corrected chi connectivity index (χ0v) is 17.0. The lowest BCUT2D eigenvalue weighted by Gasteiger charge is -2.31. The van der Waals surface area contributed by atoms with E-state index in [1.807, 2.05) is 37.4 Å². The van der Waals surface area contributed by atoms with Crippen LogP contribution in [0, 0.1) is 5.92 Å². The number of carbonyl (C=O) groups excluding carboxylic acids is 2. The molecule has 0 unspecified atom stereocenters. The highest BCUT2D eigenvalue weighted by Gasteiger charge is 2.28. The lowest BCUT2D eigenvalue weighted by atomic mass is 9.95. The Bertz CT molecular complexity index is 1040. The van der Waals surface area contributed by atoms with Gasteiger partial charge in [0.2, 0.25) is 5.91 Å². The van der Waals surface area contributed by atoms with Crippen molar-refractivity contribution in [1.82, 2.24) is 19.9 Å². The fraction of sp³-hybridized carbons (Fsp3) is 0.300. The lowest BCUT2D eigenvalue weighted by Crippen LogP contribution is -2.41. The summed E-state index contributed by atoms with van der Waals surface area (Å²) in [4.78, 5) is 27.2. The third kappa shape index (κ3) is 3.77. The number of aryl methyl sites for hydroxylation is 1. The standard InChI is InChI=1S/C20H20BrN5O2/c1-25-18-6-5-14(11-17(18)23-24-25)20(28)26-9-7-13(8-10-26)19(27)22-16-4-2-3-15(21)12-16/h2-6,11-13H,7-10H2,1H3,(H,22,27). The number of nitrogens with zero attached hydrogens (tertiary/aromatic N) is 4. The van der Waals surface area contributed by atoms with Gasteiger partial charge in [0.1, 0.15) is 5.52 Å². The van der Waals surface area contributed by atoms with E-state index in [0.29, 0.717) is 37.0 Å². The molecule has 2 aromatic carbocycles. The van der Waals surface area contributed by atoms with E-state index in [-0.39, 0.29) is 17.7 Å². The highest BCUT2D eigenvalue weighted by atomic mass is 79.9. The Balaban J connectivity index is 1.37. The molecule has 1 aromatic heterocycles. The number of fused-ring (bicyclic) bond motifs is 1. The van der Waals surface area contributed by atoms with Crippen LogP contribution in [-0.4, -0.2) is 44.8 Å². The van der Waals surface area contributed by atoms with Gasteiger partial charge in [0.25, 0.3) is 5.91 Å². The first-order valence-corrected chi connectivity index (χ1v) is 9.96. The van der Waals surface area contributed by atoms with Crippen molar-refractivity contribution in [3.05, 3.63) is 52.5 Å². The Morgan fingerprint density at radius 2 is 1.93 bits per heavy atom. The van der Waals surface area contributed by atoms with Gasteiger partial charge < -0.3 is 10.2 Å². The van der Waals surface area contributed by atoms with E-state index < -0.39 is 0 Å². The molecule has 1 N–H and O–H groups in total. The normalized spacial score (nSPS) is 15.0. The van der Waals surface area contributed by atoms with Crippen molar-refractivity contribution in [2.75, 3.05) is 18.4 Å². The number of aromatic nitrogens is 3. The van der Waals surface area contributed by atoms with Crippen molar-refractivity contribution < 1.29 is 9.59 Å². The van der Waals surface area contributed by atoms with Crippen LogP contribution in [0.15, 0.2) is 46.9 Å². The minimum Gasteiger partial charge on any atom is -0.339 e. The van der Waals surface area contributed by atoms with Gasteiger partial charge in [0.05, 0.1) is 5.52 Å². The van der Waals surface area contributed by atoms with Gasteiger partial charge in [-0.3, -0.25) is 9.59 Å². The summed E-state index contributed by atoms with van der Waals surface area (Å²) < 4.78 is 2.60. The molecule has 2 amide bonds. The second-order valence-corrected chi connectivity index (χ2v) is 7.90. The van der Waals surface area contributed by atoms with Crippen molar-refractivity contribution in [1.29, 1.82) is 0 Å². The quantitative estimate of drug-likeness (QED) is 0.676. The topological polar surface area (TPSA) is 80.1 Å². The van der Waals surface area contributed by atoms with Crippen LogP contribution in [0.1, 0.15) is 23.2 Å². The van der Waals surface area contributed by atoms with Crippen molar-refractivity contribution in [2.45, 2.75) is 12.8 Å². The van der Waals surface area contributed by atoms with E-state index in [1.54, 1.807) is 21.7 Å². The van der Waals surface area contributed by atoms with Gasteiger partial charge in [-0.1, -0.05) is 27.2 Å². The van der Waals surface area contributed by atoms with Gasteiger partial charge >= 0.3 is 0 Å². The van der Waals surface area contributed by atoms with E-state index in [4.69, 9.17) is 0 Å². The molecular formula is C20H20BrN5O2. The van der Waals surface area contributed by atoms with E-state index in [0.717, 1.165) is 15.7 Å². The number of benzene rings is 2. The number of rotatable bonds is 3. The maximum Gasteiger partial charge on any atom is 0.253 e. The fourth-order valence-corrected chi connectivity index (χ4v) is 3.91. The number of hydrogen-bond acceptors (Lipinski definition) is 4. The first-order valence-electron chi connectivity index (χ1n) is 9.16. The van der Waals surface area contributed by atoms with E-state index >= 15 is 0 Å². The molecule has 0 spiro atoms. The molecule has 28 heavy (non-hydrogen) atoms. The van der Waals surface area contributed by atoms with Gasteiger partial charge in [-0.15, -0.1) is 5.10 Å². The van der Waals surface area contributed by atoms with E-state index in [9.17, 15) is 9.59 Å². The van der Waals surface area contributed by atoms with Crippen molar-refractivity contribution >= 4 is 44.5 Å². The maximum atomic E-state index is 12.8. The number of hydrogen-bond donors (Lipinski definition) is 1. The Morgan fingerprint density at radius 1 is 1.14 bits per heavy atom. The Kier molecular flexibility index (Phi) is 5.13. The molecule has 1 aliphatic heterocycles. The molecule has 144 valence electrons. The molecule has 3 aromatic rings. The molecule has 1 fully saturated rings. The summed E-state index contributed by atoms with van der Waals surface area (Å²) in [6.07, 6.45) is 1.30. The zero-order valence-electron chi connectivity index (χ0n) is 15.4. The number of likely N-dealkylation sites (tertiary alicyclic amines) is 1. The van der Waals surface area contributed by atoms with E-state index in [2.05, 4.69) is 31.6 Å². The molecular weight excluding hydrogens is 422 g/mol. The molecule has 0 radical (unpaired) electrons. The summed E-state index contributed by atoms with van der Waals surface area (Å²) in [7, 11) is 1.82. The van der Waals surface area contributed by atoms with Crippen molar-refractivity contribution in [2.24, 2.45) is 13.0 Å². The largest absolute Gasteiger partial charge is 0.339 e. The molecule has 0 aliphatic carbocycles. The van der Waals surface area contributed by atoms with Crippen LogP contribution >= 0.6 is 15.9 Å². The number of carbonyl (C=O) groups is 2. The van der Waals surface area contributed by atoms with Crippen molar-refractivity contribution in [3.8, 4) is 0 Å². The molecule has 2 heterocycles. The molecule has 0 atom stereocenters. The van der Waals surface area contributed by atoms with Crippen LogP contribution in [-0.2, 0) is 11.8 Å². The average molecular weight is 442 g/mol. The number of piperidine rings is 1. The molecule has 8 heteroatoms. The molecule has 0 saturated carbocycles. The SMILES string of the molecule is Cn1nnc2cc(C(=O)N3CCC(C(=O)Nc4cccc(Br)c4)CC3)ccc21. The zero-order chi connectivity index (χ0) is 19.7. The Hall–Kier alpha value is -2.74. The number of halogens is 1. The fourth-order valence-electron chi connectivity index (χ4n) is 3.51. The van der Waals surface area contributed by atoms with Gasteiger partial charge in [-0.2, -0.15) is 0 Å². The van der Waals surface area contributed by atoms with Crippen LogP contribution < -0.4 is 5.32 Å². The number of anilines is 1. The third-order valence-corrected chi connectivity index (χ3v) is 5.60. The second kappa shape index (κ2) is 7.71. The molecule has 4 rings (SSSR count). The minimum absolute atomic E-state index is 0.00572. The molecule has 1 aliphatic rings. The average Bonchev–Trinajstić information content (AvgIpc) is 3.08. The highest BCUT2D eigenvalue weighted by molar-refractivity contribution is 9.10. The Morgan fingerprint density at radius 3 is 2.68 bits per heavy atom. The van der Waals surface area contributed by atoms with Crippen LogP contribution in [0.25, 0.3) is 11.0 Å².